The third-order valence-corrected chi connectivity index (χ3v) is 2.25. The summed E-state index contributed by atoms with van der Waals surface area (Å²) in [5, 5.41) is 13.5. The van der Waals surface area contributed by atoms with E-state index < -0.39 is 5.97 Å². The molecule has 17 heavy (non-hydrogen) atoms. The van der Waals surface area contributed by atoms with Crippen LogP contribution in [0.4, 0.5) is 4.79 Å². The summed E-state index contributed by atoms with van der Waals surface area (Å²) in [7, 11) is 0. The number of amides is 2. The van der Waals surface area contributed by atoms with Gasteiger partial charge in [-0.25, -0.2) is 4.79 Å². The van der Waals surface area contributed by atoms with Crippen molar-refractivity contribution in [1.82, 2.24) is 10.6 Å². The van der Waals surface area contributed by atoms with Gasteiger partial charge in [0.25, 0.3) is 0 Å². The van der Waals surface area contributed by atoms with Crippen LogP contribution in [0.25, 0.3) is 0 Å². The van der Waals surface area contributed by atoms with Crippen LogP contribution in [-0.4, -0.2) is 30.2 Å². The van der Waals surface area contributed by atoms with Crippen molar-refractivity contribution >= 4 is 12.0 Å². The second-order valence-electron chi connectivity index (χ2n) is 3.82. The first kappa shape index (κ1) is 15.5. The molecule has 5 nitrogen and oxygen atoms in total. The maximum atomic E-state index is 11.1. The number of carbonyl (C=O) groups excluding carboxylic acids is 1. The van der Waals surface area contributed by atoms with Crippen molar-refractivity contribution < 1.29 is 14.7 Å². The van der Waals surface area contributed by atoms with Gasteiger partial charge in [-0.05, 0) is 19.3 Å². The van der Waals surface area contributed by atoms with Gasteiger partial charge >= 0.3 is 12.0 Å². The fourth-order valence-electron chi connectivity index (χ4n) is 1.31. The Morgan fingerprint density at radius 2 is 1.71 bits per heavy atom. The Balaban J connectivity index is 3.21. The molecule has 2 amide bonds. The maximum Gasteiger partial charge on any atom is 0.314 e. The molecule has 0 aliphatic carbocycles. The molecule has 0 spiro atoms. The van der Waals surface area contributed by atoms with E-state index in [1.54, 1.807) is 0 Å². The SMILES string of the molecule is C=CCCCCCCNC(=O)NCCC(=O)O. The Labute approximate surface area is 102 Å². The van der Waals surface area contributed by atoms with Crippen molar-refractivity contribution in [2.75, 3.05) is 13.1 Å². The van der Waals surface area contributed by atoms with Crippen LogP contribution in [0.15, 0.2) is 12.7 Å². The molecule has 98 valence electrons. The topological polar surface area (TPSA) is 78.4 Å². The third-order valence-electron chi connectivity index (χ3n) is 2.25. The molecule has 0 aromatic rings. The summed E-state index contributed by atoms with van der Waals surface area (Å²) in [5.41, 5.74) is 0. The Morgan fingerprint density at radius 3 is 2.35 bits per heavy atom. The van der Waals surface area contributed by atoms with E-state index in [1.165, 1.54) is 0 Å². The summed E-state index contributed by atoms with van der Waals surface area (Å²) in [6, 6.07) is -0.294. The van der Waals surface area contributed by atoms with Crippen LogP contribution < -0.4 is 10.6 Å². The molecular formula is C12H22N2O3. The summed E-state index contributed by atoms with van der Waals surface area (Å²) in [6.07, 6.45) is 7.24. The van der Waals surface area contributed by atoms with Gasteiger partial charge in [-0.15, -0.1) is 6.58 Å². The van der Waals surface area contributed by atoms with Crippen LogP contribution in [0.5, 0.6) is 0 Å². The number of hydrogen-bond acceptors (Lipinski definition) is 2. The van der Waals surface area contributed by atoms with Crippen LogP contribution in [0.3, 0.4) is 0 Å². The standard InChI is InChI=1S/C12H22N2O3/c1-2-3-4-5-6-7-9-13-12(17)14-10-8-11(15)16/h2H,1,3-10H2,(H,15,16)(H2,13,14,17). The van der Waals surface area contributed by atoms with Gasteiger partial charge in [0.1, 0.15) is 0 Å². The fraction of sp³-hybridized carbons (Fsp3) is 0.667. The van der Waals surface area contributed by atoms with Crippen molar-refractivity contribution in [3.05, 3.63) is 12.7 Å². The highest BCUT2D eigenvalue weighted by Gasteiger charge is 2.00. The second kappa shape index (κ2) is 11.0. The molecule has 0 saturated carbocycles. The largest absolute Gasteiger partial charge is 0.481 e. The predicted octanol–water partition coefficient (Wildman–Crippen LogP) is 1.90. The summed E-state index contributed by atoms with van der Waals surface area (Å²) in [5.74, 6) is -0.910. The summed E-state index contributed by atoms with van der Waals surface area (Å²) < 4.78 is 0. The number of unbranched alkanes of at least 4 members (excludes halogenated alkanes) is 4. The van der Waals surface area contributed by atoms with Gasteiger partial charge in [0, 0.05) is 13.1 Å². The highest BCUT2D eigenvalue weighted by atomic mass is 16.4. The average molecular weight is 242 g/mol. The van der Waals surface area contributed by atoms with Crippen LogP contribution in [0.1, 0.15) is 38.5 Å². The van der Waals surface area contributed by atoms with Crippen molar-refractivity contribution in [1.29, 1.82) is 0 Å². The van der Waals surface area contributed by atoms with E-state index in [9.17, 15) is 9.59 Å². The van der Waals surface area contributed by atoms with Gasteiger partial charge in [-0.1, -0.05) is 18.9 Å². The van der Waals surface area contributed by atoms with Crippen LogP contribution >= 0.6 is 0 Å². The second-order valence-corrected chi connectivity index (χ2v) is 3.82. The molecule has 0 saturated heterocycles. The van der Waals surface area contributed by atoms with Gasteiger partial charge in [0.15, 0.2) is 0 Å². The molecule has 0 rings (SSSR count). The molecule has 0 heterocycles. The van der Waals surface area contributed by atoms with Gasteiger partial charge in [-0.3, -0.25) is 4.79 Å². The Bertz CT molecular complexity index is 242. The smallest absolute Gasteiger partial charge is 0.314 e. The number of aliphatic carboxylic acids is 1. The summed E-state index contributed by atoms with van der Waals surface area (Å²) in [6.45, 7) is 4.45. The first-order valence-corrected chi connectivity index (χ1v) is 6.01. The number of urea groups is 1. The number of carboxylic acids is 1. The van der Waals surface area contributed by atoms with Crippen molar-refractivity contribution in [2.45, 2.75) is 38.5 Å². The zero-order valence-electron chi connectivity index (χ0n) is 10.2. The quantitative estimate of drug-likeness (QED) is 0.404. The molecule has 0 aliphatic rings. The first-order chi connectivity index (χ1) is 8.16. The number of nitrogens with one attached hydrogen (secondary N) is 2. The van der Waals surface area contributed by atoms with E-state index in [0.717, 1.165) is 32.1 Å². The van der Waals surface area contributed by atoms with Crippen molar-refractivity contribution in [3.63, 3.8) is 0 Å². The molecule has 0 aliphatic heterocycles. The van der Waals surface area contributed by atoms with Crippen LogP contribution in [0, 0.1) is 0 Å². The van der Waals surface area contributed by atoms with E-state index in [-0.39, 0.29) is 19.0 Å². The Kier molecular flexibility index (Phi) is 10.00. The number of carboxylic acid groups (broad SMARTS) is 1. The van der Waals surface area contributed by atoms with E-state index in [1.807, 2.05) is 6.08 Å². The number of carbonyl (C=O) groups is 2. The number of rotatable bonds is 10. The van der Waals surface area contributed by atoms with Gasteiger partial charge in [0.05, 0.1) is 6.42 Å². The molecule has 0 aromatic carbocycles. The minimum atomic E-state index is -0.910. The Hall–Kier alpha value is -1.52. The average Bonchev–Trinajstić information content (AvgIpc) is 2.27. The van der Waals surface area contributed by atoms with Gasteiger partial charge < -0.3 is 15.7 Å². The highest BCUT2D eigenvalue weighted by molar-refractivity contribution is 5.74. The van der Waals surface area contributed by atoms with Crippen LogP contribution in [-0.2, 0) is 4.79 Å². The summed E-state index contributed by atoms with van der Waals surface area (Å²) in [4.78, 5) is 21.3. The lowest BCUT2D eigenvalue weighted by Gasteiger charge is -2.06. The fourth-order valence-corrected chi connectivity index (χ4v) is 1.31. The van der Waals surface area contributed by atoms with Gasteiger partial charge in [0.2, 0.25) is 0 Å². The lowest BCUT2D eigenvalue weighted by atomic mass is 10.1. The maximum absolute atomic E-state index is 11.1. The molecule has 0 fully saturated rings. The number of allylic oxidation sites excluding steroid dienone is 1. The van der Waals surface area contributed by atoms with E-state index in [0.29, 0.717) is 6.54 Å². The summed E-state index contributed by atoms with van der Waals surface area (Å²) >= 11 is 0. The third kappa shape index (κ3) is 12.4. The monoisotopic (exact) mass is 242 g/mol. The lowest BCUT2D eigenvalue weighted by molar-refractivity contribution is -0.136. The van der Waals surface area contributed by atoms with Crippen LogP contribution in [0.2, 0.25) is 0 Å². The van der Waals surface area contributed by atoms with E-state index in [2.05, 4.69) is 17.2 Å². The molecule has 0 bridgehead atoms. The minimum Gasteiger partial charge on any atom is -0.481 e. The zero-order valence-corrected chi connectivity index (χ0v) is 10.2. The Morgan fingerprint density at radius 1 is 1.06 bits per heavy atom. The van der Waals surface area contributed by atoms with E-state index in [4.69, 9.17) is 5.11 Å². The van der Waals surface area contributed by atoms with Crippen molar-refractivity contribution in [2.24, 2.45) is 0 Å². The molecular weight excluding hydrogens is 220 g/mol. The minimum absolute atomic E-state index is 0.0467. The lowest BCUT2D eigenvalue weighted by Crippen LogP contribution is -2.37. The van der Waals surface area contributed by atoms with E-state index >= 15 is 0 Å². The van der Waals surface area contributed by atoms with Crippen molar-refractivity contribution in [3.8, 4) is 0 Å². The molecule has 0 aromatic heterocycles. The normalized spacial score (nSPS) is 9.65. The molecule has 3 N–H and O–H groups in total. The van der Waals surface area contributed by atoms with Gasteiger partial charge in [-0.2, -0.15) is 0 Å². The highest BCUT2D eigenvalue weighted by Crippen LogP contribution is 2.02. The zero-order chi connectivity index (χ0) is 12.9. The number of hydrogen-bond donors (Lipinski definition) is 3. The molecule has 0 radical (unpaired) electrons. The molecule has 0 atom stereocenters. The predicted molar refractivity (Wildman–Crippen MR) is 66.9 cm³/mol. The first-order valence-electron chi connectivity index (χ1n) is 6.01. The molecule has 5 heteroatoms. The molecule has 0 unspecified atom stereocenters.